The Balaban J connectivity index is 1.58. The molecular formula is C16H22N6O2. The first-order chi connectivity index (χ1) is 11.5. The minimum atomic E-state index is -0.131. The van der Waals surface area contributed by atoms with E-state index in [9.17, 15) is 4.79 Å². The molecule has 1 atom stereocenters. The average Bonchev–Trinajstić information content (AvgIpc) is 3.17. The van der Waals surface area contributed by atoms with Gasteiger partial charge in [0.15, 0.2) is 11.6 Å². The Morgan fingerprint density at radius 2 is 2.29 bits per heavy atom. The fraction of sp³-hybridized carbons (Fsp3) is 0.438. The highest BCUT2D eigenvalue weighted by atomic mass is 16.5. The highest BCUT2D eigenvalue weighted by molar-refractivity contribution is 5.89. The third kappa shape index (κ3) is 3.58. The van der Waals surface area contributed by atoms with Crippen LogP contribution in [0.1, 0.15) is 6.42 Å². The summed E-state index contributed by atoms with van der Waals surface area (Å²) in [5.41, 5.74) is 0.689. The van der Waals surface area contributed by atoms with E-state index in [2.05, 4.69) is 15.4 Å². The molecule has 128 valence electrons. The molecule has 2 aromatic heterocycles. The number of amides is 2. The Hall–Kier alpha value is -2.77. The number of pyridine rings is 1. The highest BCUT2D eigenvalue weighted by Crippen LogP contribution is 2.26. The van der Waals surface area contributed by atoms with Crippen LogP contribution in [0.4, 0.5) is 16.3 Å². The normalized spacial score (nSPS) is 17.0. The smallest absolute Gasteiger partial charge is 0.322 e. The third-order valence-corrected chi connectivity index (χ3v) is 3.86. The molecule has 1 fully saturated rings. The van der Waals surface area contributed by atoms with Crippen molar-refractivity contribution in [3.63, 3.8) is 0 Å². The molecule has 2 amide bonds. The minimum Gasteiger partial charge on any atom is -0.485 e. The predicted molar refractivity (Wildman–Crippen MR) is 91.4 cm³/mol. The Labute approximate surface area is 141 Å². The van der Waals surface area contributed by atoms with Crippen molar-refractivity contribution >= 4 is 17.5 Å². The lowest BCUT2D eigenvalue weighted by molar-refractivity contribution is 0.195. The third-order valence-electron chi connectivity index (χ3n) is 3.86. The van der Waals surface area contributed by atoms with E-state index in [1.165, 1.54) is 0 Å². The number of carbonyl (C=O) groups excluding carboxylic acids is 1. The number of ether oxygens (including phenoxy) is 1. The molecule has 1 aliphatic heterocycles. The Kier molecular flexibility index (Phi) is 4.54. The van der Waals surface area contributed by atoms with Crippen molar-refractivity contribution in [1.29, 1.82) is 0 Å². The first-order valence-electron chi connectivity index (χ1n) is 7.86. The van der Waals surface area contributed by atoms with Crippen LogP contribution in [0.2, 0.25) is 0 Å². The zero-order valence-electron chi connectivity index (χ0n) is 14.1. The zero-order chi connectivity index (χ0) is 17.1. The molecule has 3 heterocycles. The number of carbonyl (C=O) groups is 1. The van der Waals surface area contributed by atoms with Gasteiger partial charge < -0.3 is 19.9 Å². The van der Waals surface area contributed by atoms with Gasteiger partial charge in [0.2, 0.25) is 0 Å². The van der Waals surface area contributed by atoms with E-state index in [0.717, 1.165) is 18.0 Å². The maximum Gasteiger partial charge on any atom is 0.322 e. The second-order valence-corrected chi connectivity index (χ2v) is 6.03. The zero-order valence-corrected chi connectivity index (χ0v) is 14.1. The number of rotatable bonds is 4. The molecule has 0 unspecified atom stereocenters. The summed E-state index contributed by atoms with van der Waals surface area (Å²) in [6, 6.07) is 3.62. The van der Waals surface area contributed by atoms with Gasteiger partial charge in [-0.1, -0.05) is 0 Å². The lowest BCUT2D eigenvalue weighted by Gasteiger charge is -2.20. The minimum absolute atomic E-state index is 0.0347. The molecule has 1 N–H and O–H groups in total. The molecule has 8 heteroatoms. The van der Waals surface area contributed by atoms with Gasteiger partial charge in [0.25, 0.3) is 0 Å². The summed E-state index contributed by atoms with van der Waals surface area (Å²) >= 11 is 0. The maximum absolute atomic E-state index is 12.3. The summed E-state index contributed by atoms with van der Waals surface area (Å²) in [6.07, 6.45) is 5.89. The number of likely N-dealkylation sites (tertiary alicyclic amines) is 1. The first-order valence-corrected chi connectivity index (χ1v) is 7.86. The molecule has 1 aliphatic rings. The summed E-state index contributed by atoms with van der Waals surface area (Å²) in [6.45, 7) is 1.21. The standard InChI is InChI=1S/C16H22N6O2/c1-20(2)15-14(5-4-7-17-15)24-13-6-8-22(11-13)16(23)19-12-9-18-21(3)10-12/h4-5,7,9-10,13H,6,8,11H2,1-3H3,(H,19,23)/t13-/m1/s1. The van der Waals surface area contributed by atoms with Crippen molar-refractivity contribution in [3.05, 3.63) is 30.7 Å². The van der Waals surface area contributed by atoms with E-state index in [0.29, 0.717) is 18.8 Å². The lowest BCUT2D eigenvalue weighted by atomic mass is 10.3. The number of aryl methyl sites for hydroxylation is 1. The van der Waals surface area contributed by atoms with E-state index in [1.807, 2.05) is 38.2 Å². The summed E-state index contributed by atoms with van der Waals surface area (Å²) < 4.78 is 7.71. The molecule has 0 bridgehead atoms. The fourth-order valence-corrected chi connectivity index (χ4v) is 2.69. The van der Waals surface area contributed by atoms with E-state index < -0.39 is 0 Å². The molecule has 24 heavy (non-hydrogen) atoms. The Morgan fingerprint density at radius 1 is 1.46 bits per heavy atom. The van der Waals surface area contributed by atoms with Gasteiger partial charge in [-0.05, 0) is 12.1 Å². The van der Waals surface area contributed by atoms with Crippen LogP contribution in [-0.4, -0.2) is 59.0 Å². The van der Waals surface area contributed by atoms with Crippen LogP contribution in [0.15, 0.2) is 30.7 Å². The SMILES string of the molecule is CN(C)c1ncccc1O[C@@H]1CCN(C(=O)Nc2cnn(C)c2)C1. The second-order valence-electron chi connectivity index (χ2n) is 6.03. The number of hydrogen-bond acceptors (Lipinski definition) is 5. The van der Waals surface area contributed by atoms with E-state index >= 15 is 0 Å². The van der Waals surface area contributed by atoms with E-state index in [-0.39, 0.29) is 12.1 Å². The largest absolute Gasteiger partial charge is 0.485 e. The van der Waals surface area contributed by atoms with Gasteiger partial charge in [-0.15, -0.1) is 0 Å². The number of urea groups is 1. The number of nitrogens with zero attached hydrogens (tertiary/aromatic N) is 5. The molecular weight excluding hydrogens is 308 g/mol. The van der Waals surface area contributed by atoms with Gasteiger partial charge in [-0.25, -0.2) is 9.78 Å². The molecule has 0 saturated carbocycles. The second kappa shape index (κ2) is 6.77. The quantitative estimate of drug-likeness (QED) is 0.921. The van der Waals surface area contributed by atoms with Gasteiger partial charge >= 0.3 is 6.03 Å². The lowest BCUT2D eigenvalue weighted by Crippen LogP contribution is -2.34. The maximum atomic E-state index is 12.3. The van der Waals surface area contributed by atoms with Crippen LogP contribution in [0.25, 0.3) is 0 Å². The van der Waals surface area contributed by atoms with Crippen LogP contribution < -0.4 is 15.0 Å². The van der Waals surface area contributed by atoms with Crippen LogP contribution >= 0.6 is 0 Å². The number of aromatic nitrogens is 3. The van der Waals surface area contributed by atoms with Gasteiger partial charge in [0.05, 0.1) is 18.4 Å². The molecule has 0 spiro atoms. The van der Waals surface area contributed by atoms with Crippen molar-refractivity contribution in [2.24, 2.45) is 7.05 Å². The predicted octanol–water partition coefficient (Wildman–Crippen LogP) is 1.57. The molecule has 8 nitrogen and oxygen atoms in total. The van der Waals surface area contributed by atoms with E-state index in [4.69, 9.17) is 4.74 Å². The average molecular weight is 330 g/mol. The number of anilines is 2. The summed E-state index contributed by atoms with van der Waals surface area (Å²) in [5, 5.41) is 6.89. The monoisotopic (exact) mass is 330 g/mol. The topological polar surface area (TPSA) is 75.5 Å². The number of hydrogen-bond donors (Lipinski definition) is 1. The molecule has 3 rings (SSSR count). The molecule has 0 aromatic carbocycles. The van der Waals surface area contributed by atoms with Crippen molar-refractivity contribution < 1.29 is 9.53 Å². The summed E-state index contributed by atoms with van der Waals surface area (Å²) in [4.78, 5) is 20.3. The molecule has 0 aliphatic carbocycles. The Morgan fingerprint density at radius 3 is 3.00 bits per heavy atom. The van der Waals surface area contributed by atoms with Crippen LogP contribution in [-0.2, 0) is 7.05 Å². The van der Waals surface area contributed by atoms with Crippen molar-refractivity contribution in [2.75, 3.05) is 37.4 Å². The van der Waals surface area contributed by atoms with Crippen LogP contribution in [0.5, 0.6) is 5.75 Å². The fourth-order valence-electron chi connectivity index (χ4n) is 2.69. The summed E-state index contributed by atoms with van der Waals surface area (Å²) in [7, 11) is 5.67. The van der Waals surface area contributed by atoms with Gasteiger partial charge in [-0.2, -0.15) is 5.10 Å². The number of nitrogens with one attached hydrogen (secondary N) is 1. The van der Waals surface area contributed by atoms with Gasteiger partial charge in [0.1, 0.15) is 6.10 Å². The van der Waals surface area contributed by atoms with Crippen LogP contribution in [0, 0.1) is 0 Å². The highest BCUT2D eigenvalue weighted by Gasteiger charge is 2.28. The van der Waals surface area contributed by atoms with Crippen LogP contribution in [0.3, 0.4) is 0 Å². The van der Waals surface area contributed by atoms with Gasteiger partial charge in [-0.3, -0.25) is 4.68 Å². The van der Waals surface area contributed by atoms with Crippen molar-refractivity contribution in [1.82, 2.24) is 19.7 Å². The summed E-state index contributed by atoms with van der Waals surface area (Å²) in [5.74, 6) is 1.53. The van der Waals surface area contributed by atoms with Gasteiger partial charge in [0, 0.05) is 46.5 Å². The molecule has 0 radical (unpaired) electrons. The molecule has 2 aromatic rings. The van der Waals surface area contributed by atoms with Crippen molar-refractivity contribution in [2.45, 2.75) is 12.5 Å². The first kappa shape index (κ1) is 16.1. The van der Waals surface area contributed by atoms with Crippen molar-refractivity contribution in [3.8, 4) is 5.75 Å². The Bertz CT molecular complexity index is 714. The molecule has 1 saturated heterocycles. The van der Waals surface area contributed by atoms with E-state index in [1.54, 1.807) is 28.2 Å².